The predicted molar refractivity (Wildman–Crippen MR) is 44.3 cm³/mol. The number of aromatic hydroxyl groups is 3. The van der Waals surface area contributed by atoms with Crippen molar-refractivity contribution in [1.29, 1.82) is 0 Å². The maximum atomic E-state index is 12.1. The van der Waals surface area contributed by atoms with Crippen LogP contribution >= 0.6 is 0 Å². The van der Waals surface area contributed by atoms with Crippen molar-refractivity contribution in [2.75, 3.05) is 6.67 Å². The predicted octanol–water partition coefficient (Wildman–Crippen LogP) is 0.773. The molecule has 0 saturated heterocycles. The molecule has 1 rings (SSSR count). The van der Waals surface area contributed by atoms with Crippen LogP contribution < -0.4 is 5.73 Å². The lowest BCUT2D eigenvalue weighted by Gasteiger charge is -2.11. The molecule has 0 bridgehead atoms. The molecule has 0 spiro atoms. The van der Waals surface area contributed by atoms with Crippen LogP contribution in [0, 0.1) is 0 Å². The number of phenolic OH excluding ortho intramolecular Hbond substituents is 3. The Hall–Kier alpha value is -1.49. The first-order valence-electron chi connectivity index (χ1n) is 3.62. The minimum atomic E-state index is -1.08. The van der Waals surface area contributed by atoms with Gasteiger partial charge in [0.1, 0.15) is 23.9 Å². The van der Waals surface area contributed by atoms with Gasteiger partial charge in [0, 0.05) is 12.1 Å². The van der Waals surface area contributed by atoms with Gasteiger partial charge >= 0.3 is 0 Å². The summed E-state index contributed by atoms with van der Waals surface area (Å²) in [7, 11) is 0. The van der Waals surface area contributed by atoms with Gasteiger partial charge in [0.25, 0.3) is 0 Å². The second kappa shape index (κ2) is 3.49. The third-order valence-corrected chi connectivity index (χ3v) is 1.66. The number of hydrogen-bond acceptors (Lipinski definition) is 4. The lowest BCUT2D eigenvalue weighted by Crippen LogP contribution is -2.12. The van der Waals surface area contributed by atoms with Crippen molar-refractivity contribution in [1.82, 2.24) is 0 Å². The van der Waals surface area contributed by atoms with Crippen LogP contribution in [0.15, 0.2) is 12.1 Å². The average Bonchev–Trinajstić information content (AvgIpc) is 2.02. The minimum absolute atomic E-state index is 0.0969. The molecule has 0 aliphatic rings. The molecule has 0 unspecified atom stereocenters. The van der Waals surface area contributed by atoms with E-state index in [0.29, 0.717) is 0 Å². The lowest BCUT2D eigenvalue weighted by atomic mass is 10.1. The highest BCUT2D eigenvalue weighted by Crippen LogP contribution is 2.35. The number of halogens is 1. The van der Waals surface area contributed by atoms with Crippen molar-refractivity contribution in [2.24, 2.45) is 5.73 Å². The molecule has 1 aromatic rings. The van der Waals surface area contributed by atoms with Crippen molar-refractivity contribution in [3.8, 4) is 17.2 Å². The summed E-state index contributed by atoms with van der Waals surface area (Å²) < 4.78 is 12.1. The summed E-state index contributed by atoms with van der Waals surface area (Å²) in [5.41, 5.74) is 5.17. The quantitative estimate of drug-likeness (QED) is 0.550. The van der Waals surface area contributed by atoms with Gasteiger partial charge in [-0.05, 0) is 0 Å². The van der Waals surface area contributed by atoms with Crippen LogP contribution in [0.5, 0.6) is 17.2 Å². The number of phenols is 3. The molecule has 0 aliphatic carbocycles. The first-order valence-corrected chi connectivity index (χ1v) is 3.62. The third kappa shape index (κ3) is 1.81. The summed E-state index contributed by atoms with van der Waals surface area (Å²) in [4.78, 5) is 0. The van der Waals surface area contributed by atoms with E-state index < -0.39 is 24.2 Å². The Bertz CT molecular complexity index is 293. The average molecular weight is 187 g/mol. The number of benzene rings is 1. The first kappa shape index (κ1) is 9.60. The third-order valence-electron chi connectivity index (χ3n) is 1.66. The molecule has 5 heteroatoms. The van der Waals surface area contributed by atoms with E-state index in [1.54, 1.807) is 0 Å². The van der Waals surface area contributed by atoms with E-state index in [1.807, 2.05) is 0 Å². The maximum Gasteiger partial charge on any atom is 0.127 e. The largest absolute Gasteiger partial charge is 0.508 e. The molecule has 0 heterocycles. The molecule has 0 saturated carbocycles. The molecule has 0 radical (unpaired) electrons. The van der Waals surface area contributed by atoms with Crippen molar-refractivity contribution in [3.63, 3.8) is 0 Å². The topological polar surface area (TPSA) is 86.7 Å². The second-order valence-electron chi connectivity index (χ2n) is 2.66. The van der Waals surface area contributed by atoms with Gasteiger partial charge in [-0.15, -0.1) is 0 Å². The van der Waals surface area contributed by atoms with Gasteiger partial charge in [-0.3, -0.25) is 0 Å². The zero-order valence-electron chi connectivity index (χ0n) is 6.74. The highest BCUT2D eigenvalue weighted by Gasteiger charge is 2.16. The fourth-order valence-corrected chi connectivity index (χ4v) is 1.07. The zero-order valence-corrected chi connectivity index (χ0v) is 6.74. The Balaban J connectivity index is 3.20. The van der Waals surface area contributed by atoms with Gasteiger partial charge in [-0.1, -0.05) is 0 Å². The molecular formula is C8H10FNO3. The molecule has 1 aromatic carbocycles. The van der Waals surface area contributed by atoms with E-state index in [2.05, 4.69) is 0 Å². The van der Waals surface area contributed by atoms with Crippen molar-refractivity contribution >= 4 is 0 Å². The monoisotopic (exact) mass is 187 g/mol. The standard InChI is InChI=1S/C8H10FNO3/c9-3-5(10)8-6(12)1-4(11)2-7(8)13/h1-2,5,11-13H,3,10H2/t5-/m1/s1. The van der Waals surface area contributed by atoms with E-state index in [-0.39, 0.29) is 11.3 Å². The summed E-state index contributed by atoms with van der Waals surface area (Å²) in [5, 5.41) is 27.3. The van der Waals surface area contributed by atoms with E-state index in [0.717, 1.165) is 12.1 Å². The molecule has 5 N–H and O–H groups in total. The van der Waals surface area contributed by atoms with E-state index in [1.165, 1.54) is 0 Å². The maximum absolute atomic E-state index is 12.1. The van der Waals surface area contributed by atoms with Crippen LogP contribution in [0.3, 0.4) is 0 Å². The van der Waals surface area contributed by atoms with Crippen molar-refractivity contribution < 1.29 is 19.7 Å². The first-order chi connectivity index (χ1) is 6.06. The Labute approximate surface area is 74.0 Å². The normalized spacial score (nSPS) is 12.8. The van der Waals surface area contributed by atoms with Crippen LogP contribution in [-0.2, 0) is 0 Å². The van der Waals surface area contributed by atoms with E-state index >= 15 is 0 Å². The van der Waals surface area contributed by atoms with Gasteiger partial charge in [0.15, 0.2) is 0 Å². The van der Waals surface area contributed by atoms with Crippen LogP contribution in [0.2, 0.25) is 0 Å². The molecule has 4 nitrogen and oxygen atoms in total. The lowest BCUT2D eigenvalue weighted by molar-refractivity contribution is 0.385. The molecule has 13 heavy (non-hydrogen) atoms. The molecule has 0 aliphatic heterocycles. The Morgan fingerprint density at radius 3 is 2.08 bits per heavy atom. The van der Waals surface area contributed by atoms with Crippen molar-refractivity contribution in [2.45, 2.75) is 6.04 Å². The van der Waals surface area contributed by atoms with E-state index in [9.17, 15) is 14.6 Å². The van der Waals surface area contributed by atoms with Crippen LogP contribution in [-0.4, -0.2) is 22.0 Å². The summed E-state index contributed by atoms with van der Waals surface area (Å²) in [6.45, 7) is -0.897. The SMILES string of the molecule is N[C@H](CF)c1c(O)cc(O)cc1O. The molecule has 0 amide bonds. The Morgan fingerprint density at radius 2 is 1.69 bits per heavy atom. The molecule has 72 valence electrons. The Morgan fingerprint density at radius 1 is 1.23 bits per heavy atom. The van der Waals surface area contributed by atoms with Gasteiger partial charge in [-0.2, -0.15) is 0 Å². The molecule has 0 aromatic heterocycles. The number of nitrogens with two attached hydrogens (primary N) is 1. The summed E-state index contributed by atoms with van der Waals surface area (Å²) >= 11 is 0. The molecule has 1 atom stereocenters. The Kier molecular flexibility index (Phi) is 2.57. The second-order valence-corrected chi connectivity index (χ2v) is 2.66. The van der Waals surface area contributed by atoms with Gasteiger partial charge in [0.2, 0.25) is 0 Å². The highest BCUT2D eigenvalue weighted by molar-refractivity contribution is 5.50. The molecule has 0 fully saturated rings. The summed E-state index contributed by atoms with van der Waals surface area (Å²) in [5.74, 6) is -1.13. The van der Waals surface area contributed by atoms with Gasteiger partial charge in [-0.25, -0.2) is 4.39 Å². The smallest absolute Gasteiger partial charge is 0.127 e. The minimum Gasteiger partial charge on any atom is -0.508 e. The van der Waals surface area contributed by atoms with Crippen LogP contribution in [0.4, 0.5) is 4.39 Å². The zero-order chi connectivity index (χ0) is 10.0. The van der Waals surface area contributed by atoms with Crippen LogP contribution in [0.25, 0.3) is 0 Å². The van der Waals surface area contributed by atoms with Crippen molar-refractivity contribution in [3.05, 3.63) is 17.7 Å². The van der Waals surface area contributed by atoms with Gasteiger partial charge < -0.3 is 21.1 Å². The highest BCUT2D eigenvalue weighted by atomic mass is 19.1. The van der Waals surface area contributed by atoms with Gasteiger partial charge in [0.05, 0.1) is 11.6 Å². The summed E-state index contributed by atoms with van der Waals surface area (Å²) in [6, 6.07) is 0.899. The van der Waals surface area contributed by atoms with E-state index in [4.69, 9.17) is 10.8 Å². The fourth-order valence-electron chi connectivity index (χ4n) is 1.07. The molecular weight excluding hydrogens is 177 g/mol. The number of alkyl halides is 1. The fraction of sp³-hybridized carbons (Fsp3) is 0.250. The number of rotatable bonds is 2. The summed E-state index contributed by atoms with van der Waals surface area (Å²) in [6.07, 6.45) is 0. The van der Waals surface area contributed by atoms with Crippen LogP contribution in [0.1, 0.15) is 11.6 Å². The number of hydrogen-bond donors (Lipinski definition) is 4.